The Morgan fingerprint density at radius 1 is 1.09 bits per heavy atom. The molecule has 2 fully saturated rings. The number of aromatic nitrogens is 3. The number of piperidine rings is 1. The molecule has 1 aliphatic heterocycles. The summed E-state index contributed by atoms with van der Waals surface area (Å²) in [7, 11) is 1.72. The first-order chi connectivity index (χ1) is 17.2. The quantitative estimate of drug-likeness (QED) is 0.465. The lowest BCUT2D eigenvalue weighted by molar-refractivity contribution is -0.122. The fourth-order valence-corrected chi connectivity index (χ4v) is 3.65. The van der Waals surface area contributed by atoms with Crippen LogP contribution >= 0.6 is 0 Å². The minimum absolute atomic E-state index is 0.0333. The Morgan fingerprint density at radius 2 is 1.91 bits per heavy atom. The fourth-order valence-electron chi connectivity index (χ4n) is 3.65. The van der Waals surface area contributed by atoms with Crippen molar-refractivity contribution in [3.63, 3.8) is 0 Å². The van der Waals surface area contributed by atoms with Crippen molar-refractivity contribution in [3.8, 4) is 22.9 Å². The number of hydrogen-bond donors (Lipinski definition) is 3. The summed E-state index contributed by atoms with van der Waals surface area (Å²) in [4.78, 5) is 24.6. The van der Waals surface area contributed by atoms with E-state index in [4.69, 9.17) is 4.74 Å². The maximum absolute atomic E-state index is 14.9. The average molecular weight is 479 g/mol. The highest BCUT2D eigenvalue weighted by atomic mass is 19.1. The predicted molar refractivity (Wildman–Crippen MR) is 133 cm³/mol. The highest BCUT2D eigenvalue weighted by Gasteiger charge is 2.29. The number of nitrogens with one attached hydrogen (secondary N) is 3. The summed E-state index contributed by atoms with van der Waals surface area (Å²) in [5.74, 6) is 0.226. The van der Waals surface area contributed by atoms with E-state index in [-0.39, 0.29) is 30.0 Å². The van der Waals surface area contributed by atoms with E-state index in [0.29, 0.717) is 22.8 Å². The number of ether oxygens (including phenoxy) is 1. The maximum atomic E-state index is 14.9. The standard InChI is InChI=1S/C21H20FN5O2.C5H11N/c1-23-21-25-11-9-16(27-21)15-5-3-10-24-20(15)29-17-6-2-4-14(18(17)22)12-26-19(28)13-7-8-13;1-2-4-6-5-3-1/h2-6,9-11,13H,7-8,12H2,1H3,(H,26,28)(H,23,25,27);6H,1-5H2. The summed E-state index contributed by atoms with van der Waals surface area (Å²) in [6.45, 7) is 2.62. The van der Waals surface area contributed by atoms with Gasteiger partial charge >= 0.3 is 0 Å². The van der Waals surface area contributed by atoms with Crippen LogP contribution in [0.25, 0.3) is 11.3 Å². The minimum Gasteiger partial charge on any atom is -0.435 e. The van der Waals surface area contributed by atoms with Crippen LogP contribution < -0.4 is 20.7 Å². The number of amides is 1. The summed E-state index contributed by atoms with van der Waals surface area (Å²) in [6.07, 6.45) is 9.20. The first kappa shape index (κ1) is 24.5. The molecule has 0 spiro atoms. The third-order valence-corrected chi connectivity index (χ3v) is 5.78. The van der Waals surface area contributed by atoms with E-state index in [2.05, 4.69) is 30.9 Å². The average Bonchev–Trinajstić information content (AvgIpc) is 3.77. The van der Waals surface area contributed by atoms with Crippen LogP contribution in [0, 0.1) is 11.7 Å². The summed E-state index contributed by atoms with van der Waals surface area (Å²) < 4.78 is 20.7. The van der Waals surface area contributed by atoms with Crippen molar-refractivity contribution < 1.29 is 13.9 Å². The third-order valence-electron chi connectivity index (χ3n) is 5.78. The van der Waals surface area contributed by atoms with Gasteiger partial charge in [0.15, 0.2) is 11.6 Å². The second kappa shape index (κ2) is 12.2. The first-order valence-corrected chi connectivity index (χ1v) is 12.1. The highest BCUT2D eigenvalue weighted by molar-refractivity contribution is 5.80. The zero-order valence-electron chi connectivity index (χ0n) is 19.9. The molecule has 2 aromatic heterocycles. The molecule has 9 heteroatoms. The molecule has 1 amide bonds. The van der Waals surface area contributed by atoms with Crippen molar-refractivity contribution in [2.75, 3.05) is 25.5 Å². The largest absolute Gasteiger partial charge is 0.435 e. The van der Waals surface area contributed by atoms with Gasteiger partial charge in [-0.2, -0.15) is 0 Å². The zero-order chi connectivity index (χ0) is 24.5. The van der Waals surface area contributed by atoms with Gasteiger partial charge in [0, 0.05) is 37.5 Å². The molecular formula is C26H31FN6O2. The lowest BCUT2D eigenvalue weighted by atomic mass is 10.1. The van der Waals surface area contributed by atoms with Gasteiger partial charge in [-0.15, -0.1) is 0 Å². The maximum Gasteiger partial charge on any atom is 0.228 e. The SMILES string of the molecule is C1CCNCC1.CNc1nccc(-c2cccnc2Oc2cccc(CNC(=O)C3CC3)c2F)n1. The molecule has 35 heavy (non-hydrogen) atoms. The Morgan fingerprint density at radius 3 is 2.60 bits per heavy atom. The van der Waals surface area contributed by atoms with Crippen molar-refractivity contribution in [1.82, 2.24) is 25.6 Å². The van der Waals surface area contributed by atoms with Gasteiger partial charge < -0.3 is 20.7 Å². The van der Waals surface area contributed by atoms with Crippen molar-refractivity contribution in [1.29, 1.82) is 0 Å². The van der Waals surface area contributed by atoms with E-state index in [0.717, 1.165) is 12.8 Å². The van der Waals surface area contributed by atoms with Gasteiger partial charge in [-0.05, 0) is 63.0 Å². The Bertz CT molecular complexity index is 1120. The number of benzene rings is 1. The monoisotopic (exact) mass is 478 g/mol. The second-order valence-corrected chi connectivity index (χ2v) is 8.51. The summed E-state index contributed by atoms with van der Waals surface area (Å²) in [5, 5.41) is 8.93. The van der Waals surface area contributed by atoms with Crippen LogP contribution in [0.3, 0.4) is 0 Å². The van der Waals surface area contributed by atoms with Crippen LogP contribution in [-0.4, -0.2) is 41.0 Å². The highest BCUT2D eigenvalue weighted by Crippen LogP contribution is 2.33. The van der Waals surface area contributed by atoms with E-state index in [9.17, 15) is 9.18 Å². The van der Waals surface area contributed by atoms with E-state index >= 15 is 0 Å². The molecule has 2 aliphatic rings. The molecule has 3 aromatic rings. The van der Waals surface area contributed by atoms with Gasteiger partial charge in [-0.25, -0.2) is 19.3 Å². The number of nitrogens with zero attached hydrogens (tertiary/aromatic N) is 3. The van der Waals surface area contributed by atoms with E-state index in [1.165, 1.54) is 38.4 Å². The van der Waals surface area contributed by atoms with Gasteiger partial charge in [-0.3, -0.25) is 4.79 Å². The smallest absolute Gasteiger partial charge is 0.228 e. The molecule has 0 radical (unpaired) electrons. The van der Waals surface area contributed by atoms with E-state index in [1.807, 2.05) is 0 Å². The van der Waals surface area contributed by atoms with Crippen molar-refractivity contribution >= 4 is 11.9 Å². The van der Waals surface area contributed by atoms with Crippen LogP contribution in [0.1, 0.15) is 37.7 Å². The number of rotatable bonds is 7. The van der Waals surface area contributed by atoms with Gasteiger partial charge in [0.2, 0.25) is 17.7 Å². The third kappa shape index (κ3) is 6.95. The normalized spacial score (nSPS) is 14.9. The van der Waals surface area contributed by atoms with Gasteiger partial charge in [0.25, 0.3) is 0 Å². The van der Waals surface area contributed by atoms with E-state index in [1.54, 1.807) is 49.8 Å². The summed E-state index contributed by atoms with van der Waals surface area (Å²) >= 11 is 0. The summed E-state index contributed by atoms with van der Waals surface area (Å²) in [5.41, 5.74) is 1.56. The lowest BCUT2D eigenvalue weighted by Gasteiger charge is -2.13. The van der Waals surface area contributed by atoms with Crippen LogP contribution in [-0.2, 0) is 11.3 Å². The van der Waals surface area contributed by atoms with Crippen LogP contribution in [0.2, 0.25) is 0 Å². The molecule has 8 nitrogen and oxygen atoms in total. The Labute approximate surface area is 204 Å². The molecular weight excluding hydrogens is 447 g/mol. The molecule has 1 saturated carbocycles. The molecule has 184 valence electrons. The molecule has 1 aliphatic carbocycles. The van der Waals surface area contributed by atoms with Gasteiger partial charge in [0.1, 0.15) is 0 Å². The van der Waals surface area contributed by atoms with Crippen LogP contribution in [0.15, 0.2) is 48.8 Å². The minimum atomic E-state index is -0.529. The van der Waals surface area contributed by atoms with Crippen molar-refractivity contribution in [2.24, 2.45) is 5.92 Å². The van der Waals surface area contributed by atoms with Crippen molar-refractivity contribution in [2.45, 2.75) is 38.6 Å². The molecule has 3 heterocycles. The zero-order valence-corrected chi connectivity index (χ0v) is 19.9. The van der Waals surface area contributed by atoms with Crippen LogP contribution in [0.4, 0.5) is 10.3 Å². The molecule has 0 atom stereocenters. The lowest BCUT2D eigenvalue weighted by Crippen LogP contribution is -2.24. The molecule has 1 saturated heterocycles. The number of halogens is 1. The Kier molecular flexibility index (Phi) is 8.56. The topological polar surface area (TPSA) is 101 Å². The first-order valence-electron chi connectivity index (χ1n) is 12.1. The number of hydrogen-bond acceptors (Lipinski definition) is 7. The van der Waals surface area contributed by atoms with E-state index < -0.39 is 5.82 Å². The Hall–Kier alpha value is -3.59. The molecule has 0 bridgehead atoms. The number of pyridine rings is 1. The molecule has 5 rings (SSSR count). The van der Waals surface area contributed by atoms with Gasteiger partial charge in [-0.1, -0.05) is 18.6 Å². The predicted octanol–water partition coefficient (Wildman–Crippen LogP) is 4.30. The van der Waals surface area contributed by atoms with Crippen LogP contribution in [0.5, 0.6) is 11.6 Å². The fraction of sp³-hybridized carbons (Fsp3) is 0.385. The summed E-state index contributed by atoms with van der Waals surface area (Å²) in [6, 6.07) is 10.1. The molecule has 1 aromatic carbocycles. The van der Waals surface area contributed by atoms with Crippen molar-refractivity contribution in [3.05, 3.63) is 60.2 Å². The second-order valence-electron chi connectivity index (χ2n) is 8.51. The number of carbonyl (C=O) groups excluding carboxylic acids is 1. The number of anilines is 1. The Balaban J connectivity index is 0.000000421. The number of carbonyl (C=O) groups is 1. The molecule has 0 unspecified atom stereocenters. The molecule has 3 N–H and O–H groups in total. The van der Waals surface area contributed by atoms with Gasteiger partial charge in [0.05, 0.1) is 11.3 Å².